The first kappa shape index (κ1) is 30.2. The molecule has 2 saturated heterocycles. The van der Waals surface area contributed by atoms with Crippen molar-refractivity contribution in [1.29, 1.82) is 0 Å². The summed E-state index contributed by atoms with van der Waals surface area (Å²) in [6.07, 6.45) is 5.03. The van der Waals surface area contributed by atoms with E-state index < -0.39 is 0 Å². The molecule has 6 nitrogen and oxygen atoms in total. The molecule has 42 heavy (non-hydrogen) atoms. The van der Waals surface area contributed by atoms with Crippen LogP contribution in [0.4, 0.5) is 11.4 Å². The summed E-state index contributed by atoms with van der Waals surface area (Å²) >= 11 is 0. The molecule has 6 heteroatoms. The Hall–Kier alpha value is -3.25. The molecular formula is C36H51N5O. The Kier molecular flexibility index (Phi) is 9.94. The van der Waals surface area contributed by atoms with Gasteiger partial charge in [0.05, 0.1) is 0 Å². The summed E-state index contributed by atoms with van der Waals surface area (Å²) in [4.78, 5) is 23.4. The highest BCUT2D eigenvalue weighted by molar-refractivity contribution is 5.93. The number of benzene rings is 2. The molecule has 3 aromatic rings. The van der Waals surface area contributed by atoms with Crippen LogP contribution >= 0.6 is 0 Å². The number of hydrogen-bond acceptors (Lipinski definition) is 4. The largest absolute Gasteiger partial charge is 0.369 e. The van der Waals surface area contributed by atoms with Crippen molar-refractivity contribution in [2.24, 2.45) is 7.05 Å². The van der Waals surface area contributed by atoms with Gasteiger partial charge in [-0.3, -0.25) is 9.69 Å². The molecule has 2 aromatic carbocycles. The van der Waals surface area contributed by atoms with Gasteiger partial charge in [0.2, 0.25) is 0 Å². The SMILES string of the molecule is CCCCC(CC)c1ccccc1N1CCN(Cc2cc(C(=O)N3CCN(c4ccccc4)CC3C)n(C)c2C)CC1. The maximum absolute atomic E-state index is 13.8. The number of rotatable bonds is 10. The highest BCUT2D eigenvalue weighted by Crippen LogP contribution is 2.34. The van der Waals surface area contributed by atoms with Crippen molar-refractivity contribution in [2.75, 3.05) is 55.6 Å². The van der Waals surface area contributed by atoms with Gasteiger partial charge in [0.15, 0.2) is 0 Å². The van der Waals surface area contributed by atoms with E-state index in [0.29, 0.717) is 5.92 Å². The molecule has 2 unspecified atom stereocenters. The Morgan fingerprint density at radius 1 is 0.905 bits per heavy atom. The second kappa shape index (κ2) is 13.8. The second-order valence-electron chi connectivity index (χ2n) is 12.4. The number of piperazine rings is 2. The number of carbonyl (C=O) groups excluding carboxylic acids is 1. The van der Waals surface area contributed by atoms with Crippen molar-refractivity contribution in [2.45, 2.75) is 71.9 Å². The third kappa shape index (κ3) is 6.54. The minimum Gasteiger partial charge on any atom is -0.369 e. The van der Waals surface area contributed by atoms with E-state index in [2.05, 4.69) is 120 Å². The Balaban J connectivity index is 1.21. The van der Waals surface area contributed by atoms with Gasteiger partial charge in [0, 0.05) is 82.5 Å². The zero-order valence-electron chi connectivity index (χ0n) is 26.6. The van der Waals surface area contributed by atoms with E-state index in [1.165, 1.54) is 53.9 Å². The quantitative estimate of drug-likeness (QED) is 0.273. The molecule has 2 aliphatic heterocycles. The first-order chi connectivity index (χ1) is 20.4. The third-order valence-electron chi connectivity index (χ3n) is 9.75. The van der Waals surface area contributed by atoms with Gasteiger partial charge in [-0.25, -0.2) is 0 Å². The number of nitrogens with zero attached hydrogens (tertiary/aromatic N) is 5. The van der Waals surface area contributed by atoms with E-state index in [9.17, 15) is 4.79 Å². The zero-order chi connectivity index (χ0) is 29.6. The van der Waals surface area contributed by atoms with Crippen molar-refractivity contribution in [3.8, 4) is 0 Å². The van der Waals surface area contributed by atoms with Gasteiger partial charge in [-0.1, -0.05) is 63.1 Å². The van der Waals surface area contributed by atoms with Crippen LogP contribution in [-0.4, -0.2) is 72.1 Å². The molecule has 226 valence electrons. The van der Waals surface area contributed by atoms with Gasteiger partial charge >= 0.3 is 0 Å². The Bertz CT molecular complexity index is 1310. The summed E-state index contributed by atoms with van der Waals surface area (Å²) in [6, 6.07) is 22.0. The van der Waals surface area contributed by atoms with E-state index in [-0.39, 0.29) is 11.9 Å². The van der Waals surface area contributed by atoms with Crippen molar-refractivity contribution in [3.05, 3.63) is 83.2 Å². The molecule has 0 N–H and O–H groups in total. The lowest BCUT2D eigenvalue weighted by Gasteiger charge is -2.41. The van der Waals surface area contributed by atoms with Gasteiger partial charge in [0.25, 0.3) is 5.91 Å². The summed E-state index contributed by atoms with van der Waals surface area (Å²) in [6.45, 7) is 16.5. The molecule has 0 aliphatic carbocycles. The van der Waals surface area contributed by atoms with Gasteiger partial charge in [-0.2, -0.15) is 0 Å². The smallest absolute Gasteiger partial charge is 0.270 e. The third-order valence-corrected chi connectivity index (χ3v) is 9.75. The fourth-order valence-corrected chi connectivity index (χ4v) is 6.95. The minimum absolute atomic E-state index is 0.155. The summed E-state index contributed by atoms with van der Waals surface area (Å²) in [5, 5.41) is 0. The van der Waals surface area contributed by atoms with Gasteiger partial charge in [-0.05, 0) is 68.0 Å². The first-order valence-electron chi connectivity index (χ1n) is 16.2. The van der Waals surface area contributed by atoms with Crippen molar-refractivity contribution < 1.29 is 4.79 Å². The van der Waals surface area contributed by atoms with Crippen LogP contribution in [0.25, 0.3) is 0 Å². The molecule has 1 amide bonds. The minimum atomic E-state index is 0.155. The highest BCUT2D eigenvalue weighted by Gasteiger charge is 2.31. The average molecular weight is 570 g/mol. The number of anilines is 2. The molecule has 0 radical (unpaired) electrons. The van der Waals surface area contributed by atoms with Gasteiger partial charge in [-0.15, -0.1) is 0 Å². The van der Waals surface area contributed by atoms with Gasteiger partial charge in [0.1, 0.15) is 5.69 Å². The lowest BCUT2D eigenvalue weighted by atomic mass is 9.89. The van der Waals surface area contributed by atoms with E-state index in [1.807, 2.05) is 0 Å². The number of para-hydroxylation sites is 2. The standard InChI is InChI=1S/C36H51N5O/c1-6-8-14-30(7-2)33-17-12-13-18-34(33)39-21-19-38(20-22-39)27-31-25-35(37(5)29(31)4)36(42)41-24-23-40(26-28(41)3)32-15-10-9-11-16-32/h9-13,15-18,25,28,30H,6-8,14,19-24,26-27H2,1-5H3. The maximum Gasteiger partial charge on any atom is 0.270 e. The highest BCUT2D eigenvalue weighted by atomic mass is 16.2. The predicted octanol–water partition coefficient (Wildman–Crippen LogP) is 6.69. The average Bonchev–Trinajstić information content (AvgIpc) is 3.30. The molecule has 2 atom stereocenters. The maximum atomic E-state index is 13.8. The molecule has 3 heterocycles. The number of carbonyl (C=O) groups is 1. The molecule has 5 rings (SSSR count). The number of amides is 1. The summed E-state index contributed by atoms with van der Waals surface area (Å²) in [5.41, 5.74) is 7.49. The van der Waals surface area contributed by atoms with Crippen LogP contribution in [0, 0.1) is 6.92 Å². The second-order valence-corrected chi connectivity index (χ2v) is 12.4. The fourth-order valence-electron chi connectivity index (χ4n) is 6.95. The molecule has 1 aromatic heterocycles. The number of aromatic nitrogens is 1. The molecular weight excluding hydrogens is 518 g/mol. The number of hydrogen-bond donors (Lipinski definition) is 0. The molecule has 2 fully saturated rings. The Labute approximate surface area is 253 Å². The molecule has 0 spiro atoms. The zero-order valence-corrected chi connectivity index (χ0v) is 26.6. The summed E-state index contributed by atoms with van der Waals surface area (Å²) in [5.74, 6) is 0.799. The molecule has 2 aliphatic rings. The lowest BCUT2D eigenvalue weighted by molar-refractivity contribution is 0.0664. The normalized spacial score (nSPS) is 18.9. The lowest BCUT2D eigenvalue weighted by Crippen LogP contribution is -2.54. The predicted molar refractivity (Wildman–Crippen MR) is 176 cm³/mol. The van der Waals surface area contributed by atoms with Crippen LogP contribution in [0.1, 0.15) is 79.7 Å². The first-order valence-corrected chi connectivity index (χ1v) is 16.2. The number of unbranched alkanes of at least 4 members (excludes halogenated alkanes) is 1. The summed E-state index contributed by atoms with van der Waals surface area (Å²) < 4.78 is 2.11. The Morgan fingerprint density at radius 3 is 2.29 bits per heavy atom. The van der Waals surface area contributed by atoms with Crippen LogP contribution in [0.15, 0.2) is 60.7 Å². The van der Waals surface area contributed by atoms with Crippen LogP contribution in [0.3, 0.4) is 0 Å². The topological polar surface area (TPSA) is 35.0 Å². The molecule has 0 bridgehead atoms. The van der Waals surface area contributed by atoms with Crippen molar-refractivity contribution >= 4 is 17.3 Å². The summed E-state index contributed by atoms with van der Waals surface area (Å²) in [7, 11) is 2.05. The van der Waals surface area contributed by atoms with E-state index >= 15 is 0 Å². The van der Waals surface area contributed by atoms with Crippen LogP contribution in [0.2, 0.25) is 0 Å². The van der Waals surface area contributed by atoms with Crippen LogP contribution < -0.4 is 9.80 Å². The van der Waals surface area contributed by atoms with Crippen molar-refractivity contribution in [1.82, 2.24) is 14.4 Å². The molecule has 0 saturated carbocycles. The van der Waals surface area contributed by atoms with Gasteiger partial charge < -0.3 is 19.3 Å². The fraction of sp³-hybridized carbons (Fsp3) is 0.528. The van der Waals surface area contributed by atoms with Crippen molar-refractivity contribution in [3.63, 3.8) is 0 Å². The van der Waals surface area contributed by atoms with E-state index in [4.69, 9.17) is 0 Å². The van der Waals surface area contributed by atoms with Crippen LogP contribution in [-0.2, 0) is 13.6 Å². The van der Waals surface area contributed by atoms with E-state index in [0.717, 1.165) is 58.1 Å². The van der Waals surface area contributed by atoms with E-state index in [1.54, 1.807) is 0 Å². The Morgan fingerprint density at radius 2 is 1.60 bits per heavy atom. The van der Waals surface area contributed by atoms with Crippen LogP contribution in [0.5, 0.6) is 0 Å². The monoisotopic (exact) mass is 569 g/mol.